The van der Waals surface area contributed by atoms with Crippen LogP contribution in [0.25, 0.3) is 10.9 Å². The van der Waals surface area contributed by atoms with E-state index in [2.05, 4.69) is 11.6 Å². The lowest BCUT2D eigenvalue weighted by atomic mass is 10.1. The maximum atomic E-state index is 12.5. The lowest BCUT2D eigenvalue weighted by molar-refractivity contribution is 0.102. The van der Waals surface area contributed by atoms with Crippen molar-refractivity contribution in [3.05, 3.63) is 72.2 Å². The second-order valence-corrected chi connectivity index (χ2v) is 6.54. The summed E-state index contributed by atoms with van der Waals surface area (Å²) >= 11 is 1.33. The molecule has 1 heterocycles. The summed E-state index contributed by atoms with van der Waals surface area (Å²) in [4.78, 5) is 17.1. The zero-order valence-corrected chi connectivity index (χ0v) is 15.3. The van der Waals surface area contributed by atoms with Crippen LogP contribution in [0.15, 0.2) is 66.3 Å². The minimum atomic E-state index is 0.00398. The van der Waals surface area contributed by atoms with Gasteiger partial charge in [-0.2, -0.15) is 0 Å². The molecule has 1 N–H and O–H groups in total. The Kier molecular flexibility index (Phi) is 5.53. The summed E-state index contributed by atoms with van der Waals surface area (Å²) in [6, 6.07) is 14.6. The molecule has 1 aromatic heterocycles. The van der Waals surface area contributed by atoms with Crippen LogP contribution in [0.3, 0.4) is 0 Å². The van der Waals surface area contributed by atoms with Crippen molar-refractivity contribution in [2.45, 2.75) is 11.7 Å². The molecule has 0 aliphatic heterocycles. The van der Waals surface area contributed by atoms with Gasteiger partial charge in [0.05, 0.1) is 18.4 Å². The summed E-state index contributed by atoms with van der Waals surface area (Å²) in [6.45, 7) is 4.23. The zero-order valence-electron chi connectivity index (χ0n) is 14.4. The normalized spacial score (nSPS) is 10.7. The van der Waals surface area contributed by atoms with Crippen LogP contribution < -0.4 is 10.2 Å². The molecule has 0 fully saturated rings. The number of carbonyl (C=O) groups excluding carboxylic acids is 1. The molecule has 0 saturated heterocycles. The topological polar surface area (TPSA) is 68.0 Å². The quantitative estimate of drug-likeness (QED) is 0.300. The summed E-state index contributed by atoms with van der Waals surface area (Å²) < 4.78 is 6.88. The molecule has 0 atom stereocenters. The van der Waals surface area contributed by atoms with Gasteiger partial charge in [0.1, 0.15) is 11.2 Å². The molecule has 0 spiro atoms. The van der Waals surface area contributed by atoms with Gasteiger partial charge >= 0.3 is 0 Å². The van der Waals surface area contributed by atoms with Crippen LogP contribution in [0.4, 0.5) is 0 Å². The number of carbonyl (C=O) groups is 1. The van der Waals surface area contributed by atoms with Crippen LogP contribution >= 0.6 is 11.8 Å². The summed E-state index contributed by atoms with van der Waals surface area (Å²) in [5.41, 5.74) is 1.74. The molecule has 0 saturated carbocycles. The third-order valence-electron chi connectivity index (χ3n) is 3.93. The Hall–Kier alpha value is -2.86. The van der Waals surface area contributed by atoms with Crippen molar-refractivity contribution in [1.82, 2.24) is 9.55 Å². The number of thioether (sulfide) groups is 1. The highest BCUT2D eigenvalue weighted by Gasteiger charge is 2.12. The summed E-state index contributed by atoms with van der Waals surface area (Å²) in [5, 5.41) is 9.85. The first kappa shape index (κ1) is 17.9. The number of allylic oxidation sites excluding steroid dienone is 1. The number of fused-ring (bicyclic) bond motifs is 1. The Balaban J connectivity index is 1.87. The van der Waals surface area contributed by atoms with E-state index >= 15 is 0 Å². The molecule has 0 aliphatic carbocycles. The van der Waals surface area contributed by atoms with Crippen LogP contribution in [0.1, 0.15) is 10.4 Å². The fourth-order valence-electron chi connectivity index (χ4n) is 2.57. The molecule has 0 aliphatic rings. The Morgan fingerprint density at radius 3 is 2.69 bits per heavy atom. The molecule has 26 heavy (non-hydrogen) atoms. The first-order chi connectivity index (χ1) is 12.6. The average Bonchev–Trinajstić information content (AvgIpc) is 2.68. The average molecular weight is 365 g/mol. The van der Waals surface area contributed by atoms with Gasteiger partial charge in [-0.25, -0.2) is 4.98 Å². The number of nitrogens with zero attached hydrogens (tertiary/aromatic N) is 2. The summed E-state index contributed by atoms with van der Waals surface area (Å²) in [5.74, 6) is 0.964. The van der Waals surface area contributed by atoms with Gasteiger partial charge in [-0.05, 0) is 36.4 Å². The van der Waals surface area contributed by atoms with Crippen molar-refractivity contribution >= 4 is 28.4 Å². The second-order valence-electron chi connectivity index (χ2n) is 5.60. The molecule has 2 aromatic carbocycles. The standard InChI is InChI=1S/C20H19N3O2S/c1-3-12-23-19(21)16-6-4-5-7-17(16)22-20(23)26-13-18(24)14-8-10-15(25-2)11-9-14/h3-11,21H,1,12-13H2,2H3. The predicted molar refractivity (Wildman–Crippen MR) is 104 cm³/mol. The number of Topliss-reactive ketones (excluding diaryl/α,β-unsaturated/α-hetero) is 1. The number of nitrogens with one attached hydrogen (secondary N) is 1. The van der Waals surface area contributed by atoms with Crippen molar-refractivity contribution < 1.29 is 9.53 Å². The lowest BCUT2D eigenvalue weighted by Gasteiger charge is -2.12. The molecule has 3 aromatic rings. The number of ether oxygens (including phenoxy) is 1. The van der Waals surface area contributed by atoms with Gasteiger partial charge in [0.2, 0.25) is 0 Å². The van der Waals surface area contributed by atoms with E-state index < -0.39 is 0 Å². The highest BCUT2D eigenvalue weighted by molar-refractivity contribution is 7.99. The van der Waals surface area contributed by atoms with Crippen LogP contribution in [0.5, 0.6) is 5.75 Å². The number of aromatic nitrogens is 2. The number of rotatable bonds is 7. The first-order valence-electron chi connectivity index (χ1n) is 8.09. The highest BCUT2D eigenvalue weighted by Crippen LogP contribution is 2.20. The lowest BCUT2D eigenvalue weighted by Crippen LogP contribution is -2.23. The molecule has 0 bridgehead atoms. The van der Waals surface area contributed by atoms with E-state index in [1.54, 1.807) is 42.0 Å². The molecule has 6 heteroatoms. The van der Waals surface area contributed by atoms with Crippen molar-refractivity contribution in [3.8, 4) is 5.75 Å². The molecule has 132 valence electrons. The Morgan fingerprint density at radius 1 is 1.27 bits per heavy atom. The molecule has 5 nitrogen and oxygen atoms in total. The minimum Gasteiger partial charge on any atom is -0.497 e. The highest BCUT2D eigenvalue weighted by atomic mass is 32.2. The van der Waals surface area contributed by atoms with Gasteiger partial charge in [0, 0.05) is 17.5 Å². The van der Waals surface area contributed by atoms with Crippen LogP contribution in [-0.4, -0.2) is 28.2 Å². The van der Waals surface area contributed by atoms with Gasteiger partial charge in [0.15, 0.2) is 10.9 Å². The SMILES string of the molecule is C=CCn1c(SCC(=O)c2ccc(OC)cc2)nc2ccccc2c1=N. The fourth-order valence-corrected chi connectivity index (χ4v) is 3.49. The number of methoxy groups -OCH3 is 1. The van der Waals surface area contributed by atoms with E-state index in [1.807, 2.05) is 24.3 Å². The van der Waals surface area contributed by atoms with E-state index in [-0.39, 0.29) is 11.5 Å². The number of benzene rings is 2. The predicted octanol–water partition coefficient (Wildman–Crippen LogP) is 3.69. The third-order valence-corrected chi connectivity index (χ3v) is 4.91. The van der Waals surface area contributed by atoms with Crippen LogP contribution in [-0.2, 0) is 6.54 Å². The maximum Gasteiger partial charge on any atom is 0.173 e. The minimum absolute atomic E-state index is 0.00398. The summed E-state index contributed by atoms with van der Waals surface area (Å²) in [7, 11) is 1.59. The van der Waals surface area contributed by atoms with Crippen LogP contribution in [0.2, 0.25) is 0 Å². The van der Waals surface area contributed by atoms with Crippen LogP contribution in [0, 0.1) is 5.41 Å². The number of hydrogen-bond acceptors (Lipinski definition) is 5. The van der Waals surface area contributed by atoms with E-state index in [0.717, 1.165) is 10.9 Å². The molecular weight excluding hydrogens is 346 g/mol. The van der Waals surface area contributed by atoms with Gasteiger partial charge in [0.25, 0.3) is 0 Å². The monoisotopic (exact) mass is 365 g/mol. The largest absolute Gasteiger partial charge is 0.497 e. The van der Waals surface area contributed by atoms with E-state index in [1.165, 1.54) is 11.8 Å². The van der Waals surface area contributed by atoms with Crippen molar-refractivity contribution in [2.75, 3.05) is 12.9 Å². The molecule has 0 radical (unpaired) electrons. The number of para-hydroxylation sites is 1. The second kappa shape index (κ2) is 8.01. The Morgan fingerprint density at radius 2 is 2.00 bits per heavy atom. The molecule has 0 unspecified atom stereocenters. The van der Waals surface area contributed by atoms with E-state index in [9.17, 15) is 4.79 Å². The number of hydrogen-bond donors (Lipinski definition) is 1. The fraction of sp³-hybridized carbons (Fsp3) is 0.150. The van der Waals surface area contributed by atoms with Crippen molar-refractivity contribution in [1.29, 1.82) is 5.41 Å². The van der Waals surface area contributed by atoms with Crippen molar-refractivity contribution in [2.24, 2.45) is 0 Å². The van der Waals surface area contributed by atoms with Gasteiger partial charge in [-0.3, -0.25) is 10.2 Å². The van der Waals surface area contributed by atoms with Gasteiger partial charge in [-0.1, -0.05) is 30.0 Å². The van der Waals surface area contributed by atoms with E-state index in [0.29, 0.717) is 28.5 Å². The molecular formula is C20H19N3O2S. The van der Waals surface area contributed by atoms with Gasteiger partial charge < -0.3 is 9.30 Å². The molecule has 0 amide bonds. The van der Waals surface area contributed by atoms with E-state index in [4.69, 9.17) is 10.1 Å². The first-order valence-corrected chi connectivity index (χ1v) is 9.07. The summed E-state index contributed by atoms with van der Waals surface area (Å²) in [6.07, 6.45) is 1.73. The smallest absolute Gasteiger partial charge is 0.173 e. The number of ketones is 1. The maximum absolute atomic E-state index is 12.5. The molecule has 3 rings (SSSR count). The van der Waals surface area contributed by atoms with Crippen molar-refractivity contribution in [3.63, 3.8) is 0 Å². The zero-order chi connectivity index (χ0) is 18.5. The Bertz CT molecular complexity index is 1010. The van der Waals surface area contributed by atoms with Gasteiger partial charge in [-0.15, -0.1) is 6.58 Å². The Labute approximate surface area is 155 Å². The third kappa shape index (κ3) is 3.70.